The maximum Gasteiger partial charge on any atom is 0.319 e. The molecule has 2 N–H and O–H groups in total. The summed E-state index contributed by atoms with van der Waals surface area (Å²) in [6.07, 6.45) is 2.89. The minimum absolute atomic E-state index is 0.289. The van der Waals surface area contributed by atoms with Crippen LogP contribution in [-0.2, 0) is 6.54 Å². The molecule has 1 heterocycles. The Hall–Kier alpha value is -2.93. The van der Waals surface area contributed by atoms with E-state index in [1.807, 2.05) is 48.5 Å². The van der Waals surface area contributed by atoms with Crippen LogP contribution in [0.1, 0.15) is 5.76 Å². The van der Waals surface area contributed by atoms with Gasteiger partial charge in [0.05, 0.1) is 19.9 Å². The fourth-order valence-electron chi connectivity index (χ4n) is 2.06. The third-order valence-corrected chi connectivity index (χ3v) is 4.33. The Morgan fingerprint density at radius 1 is 1.12 bits per heavy atom. The minimum Gasteiger partial charge on any atom is -0.497 e. The van der Waals surface area contributed by atoms with Crippen molar-refractivity contribution in [1.29, 1.82) is 0 Å². The number of anilines is 1. The lowest BCUT2D eigenvalue weighted by Gasteiger charge is -2.08. The third kappa shape index (κ3) is 5.02. The molecule has 2 aromatic carbocycles. The zero-order valence-electron chi connectivity index (χ0n) is 13.6. The number of hydrogen-bond acceptors (Lipinski definition) is 5. The van der Waals surface area contributed by atoms with Gasteiger partial charge < -0.3 is 19.8 Å². The van der Waals surface area contributed by atoms with Crippen LogP contribution in [0.25, 0.3) is 0 Å². The number of rotatable bonds is 6. The predicted molar refractivity (Wildman–Crippen MR) is 95.9 cm³/mol. The second-order valence-corrected chi connectivity index (χ2v) is 6.22. The summed E-state index contributed by atoms with van der Waals surface area (Å²) in [5.41, 5.74) is 0.717. The molecule has 0 spiro atoms. The second-order valence-electron chi connectivity index (χ2n) is 5.08. The van der Waals surface area contributed by atoms with E-state index in [1.54, 1.807) is 25.1 Å². The van der Waals surface area contributed by atoms with Crippen molar-refractivity contribution in [3.8, 4) is 5.75 Å². The van der Waals surface area contributed by atoms with Gasteiger partial charge in [0.1, 0.15) is 11.5 Å². The SMILES string of the molecule is COc1ccc(Sc2ccc(NC(=O)NCc3cnco3)cc2)cc1. The van der Waals surface area contributed by atoms with Crippen molar-refractivity contribution in [3.05, 3.63) is 66.9 Å². The van der Waals surface area contributed by atoms with Gasteiger partial charge in [-0.15, -0.1) is 0 Å². The monoisotopic (exact) mass is 355 g/mol. The number of urea groups is 1. The van der Waals surface area contributed by atoms with Crippen LogP contribution in [0.15, 0.2) is 75.3 Å². The minimum atomic E-state index is -0.299. The first-order chi connectivity index (χ1) is 12.2. The van der Waals surface area contributed by atoms with Crippen molar-refractivity contribution in [3.63, 3.8) is 0 Å². The largest absolute Gasteiger partial charge is 0.497 e. The normalized spacial score (nSPS) is 10.3. The van der Waals surface area contributed by atoms with Crippen LogP contribution in [0, 0.1) is 0 Å². The summed E-state index contributed by atoms with van der Waals surface area (Å²) in [4.78, 5) is 17.8. The lowest BCUT2D eigenvalue weighted by atomic mass is 10.3. The van der Waals surface area contributed by atoms with E-state index < -0.39 is 0 Å². The summed E-state index contributed by atoms with van der Waals surface area (Å²) >= 11 is 1.64. The molecule has 6 nitrogen and oxygen atoms in total. The molecule has 0 aliphatic heterocycles. The van der Waals surface area contributed by atoms with Gasteiger partial charge in [0.25, 0.3) is 0 Å². The average Bonchev–Trinajstić information content (AvgIpc) is 3.16. The number of hydrogen-bond donors (Lipinski definition) is 2. The van der Waals surface area contributed by atoms with E-state index in [2.05, 4.69) is 15.6 Å². The summed E-state index contributed by atoms with van der Waals surface area (Å²) in [5.74, 6) is 1.43. The zero-order valence-corrected chi connectivity index (χ0v) is 14.4. The van der Waals surface area contributed by atoms with E-state index in [1.165, 1.54) is 6.39 Å². The van der Waals surface area contributed by atoms with E-state index in [-0.39, 0.29) is 12.6 Å². The molecule has 128 valence electrons. The van der Waals surface area contributed by atoms with Crippen LogP contribution in [0.3, 0.4) is 0 Å². The number of benzene rings is 2. The van der Waals surface area contributed by atoms with Crippen LogP contribution in [0.2, 0.25) is 0 Å². The van der Waals surface area contributed by atoms with E-state index in [0.29, 0.717) is 11.4 Å². The summed E-state index contributed by atoms with van der Waals surface area (Å²) in [7, 11) is 1.65. The number of oxazole rings is 1. The Morgan fingerprint density at radius 2 is 1.80 bits per heavy atom. The van der Waals surface area contributed by atoms with E-state index >= 15 is 0 Å². The summed E-state index contributed by atoms with van der Waals surface area (Å²) in [6.45, 7) is 0.289. The topological polar surface area (TPSA) is 76.4 Å². The van der Waals surface area contributed by atoms with Gasteiger partial charge in [-0.25, -0.2) is 9.78 Å². The Balaban J connectivity index is 1.51. The molecule has 1 aromatic heterocycles. The van der Waals surface area contributed by atoms with Crippen LogP contribution in [0.5, 0.6) is 5.75 Å². The first kappa shape index (κ1) is 16.9. The number of carbonyl (C=O) groups is 1. The fourth-order valence-corrected chi connectivity index (χ4v) is 2.87. The molecule has 25 heavy (non-hydrogen) atoms. The summed E-state index contributed by atoms with van der Waals surface area (Å²) in [5, 5.41) is 5.47. The molecule has 0 saturated carbocycles. The number of ether oxygens (including phenoxy) is 1. The van der Waals surface area contributed by atoms with Crippen LogP contribution in [-0.4, -0.2) is 18.1 Å². The van der Waals surface area contributed by atoms with Gasteiger partial charge in [0, 0.05) is 15.5 Å². The highest BCUT2D eigenvalue weighted by Crippen LogP contribution is 2.29. The highest BCUT2D eigenvalue weighted by Gasteiger charge is 2.04. The van der Waals surface area contributed by atoms with Gasteiger partial charge in [0.15, 0.2) is 6.39 Å². The molecule has 0 bridgehead atoms. The van der Waals surface area contributed by atoms with Crippen molar-refractivity contribution < 1.29 is 13.9 Å². The van der Waals surface area contributed by atoms with Gasteiger partial charge in [-0.1, -0.05) is 11.8 Å². The highest BCUT2D eigenvalue weighted by molar-refractivity contribution is 7.99. The maximum absolute atomic E-state index is 11.8. The molecular formula is C18H17N3O3S. The number of amides is 2. The zero-order chi connectivity index (χ0) is 17.5. The van der Waals surface area contributed by atoms with Gasteiger partial charge in [-0.2, -0.15) is 0 Å². The molecular weight excluding hydrogens is 338 g/mol. The van der Waals surface area contributed by atoms with E-state index in [0.717, 1.165) is 15.5 Å². The van der Waals surface area contributed by atoms with Gasteiger partial charge in [-0.05, 0) is 48.5 Å². The van der Waals surface area contributed by atoms with E-state index in [9.17, 15) is 4.79 Å². The lowest BCUT2D eigenvalue weighted by molar-refractivity contribution is 0.251. The van der Waals surface area contributed by atoms with Crippen molar-refractivity contribution in [2.75, 3.05) is 12.4 Å². The van der Waals surface area contributed by atoms with Crippen LogP contribution < -0.4 is 15.4 Å². The Kier molecular flexibility index (Phi) is 5.58. The molecule has 2 amide bonds. The van der Waals surface area contributed by atoms with Gasteiger partial charge >= 0.3 is 6.03 Å². The van der Waals surface area contributed by atoms with Crippen molar-refractivity contribution in [1.82, 2.24) is 10.3 Å². The van der Waals surface area contributed by atoms with Crippen LogP contribution >= 0.6 is 11.8 Å². The number of aromatic nitrogens is 1. The van der Waals surface area contributed by atoms with E-state index in [4.69, 9.17) is 9.15 Å². The third-order valence-electron chi connectivity index (χ3n) is 3.31. The second kappa shape index (κ2) is 8.25. The molecule has 0 fully saturated rings. The maximum atomic E-state index is 11.8. The number of carbonyl (C=O) groups excluding carboxylic acids is 1. The molecule has 3 rings (SSSR count). The van der Waals surface area contributed by atoms with Crippen molar-refractivity contribution in [2.45, 2.75) is 16.3 Å². The van der Waals surface area contributed by atoms with Crippen LogP contribution in [0.4, 0.5) is 10.5 Å². The predicted octanol–water partition coefficient (Wildman–Crippen LogP) is 4.16. The van der Waals surface area contributed by atoms with Crippen molar-refractivity contribution in [2.24, 2.45) is 0 Å². The smallest absolute Gasteiger partial charge is 0.319 e. The fraction of sp³-hybridized carbons (Fsp3) is 0.111. The molecule has 0 radical (unpaired) electrons. The number of nitrogens with one attached hydrogen (secondary N) is 2. The molecule has 0 saturated heterocycles. The molecule has 7 heteroatoms. The van der Waals surface area contributed by atoms with Gasteiger partial charge in [-0.3, -0.25) is 0 Å². The highest BCUT2D eigenvalue weighted by atomic mass is 32.2. The molecule has 0 atom stereocenters. The molecule has 0 unspecified atom stereocenters. The first-order valence-electron chi connectivity index (χ1n) is 7.57. The number of methoxy groups -OCH3 is 1. The standard InChI is InChI=1S/C18H17N3O3S/c1-23-14-4-8-17(9-5-14)25-16-6-2-13(3-7-16)21-18(22)20-11-15-10-19-12-24-15/h2-10,12H,11H2,1H3,(H2,20,21,22). The lowest BCUT2D eigenvalue weighted by Crippen LogP contribution is -2.27. The average molecular weight is 355 g/mol. The Labute approximate surface area is 149 Å². The first-order valence-corrected chi connectivity index (χ1v) is 8.39. The molecule has 0 aliphatic carbocycles. The Bertz CT molecular complexity index is 803. The van der Waals surface area contributed by atoms with Gasteiger partial charge in [0.2, 0.25) is 0 Å². The molecule has 0 aliphatic rings. The Morgan fingerprint density at radius 3 is 2.40 bits per heavy atom. The number of nitrogens with zero attached hydrogens (tertiary/aromatic N) is 1. The molecule has 3 aromatic rings. The van der Waals surface area contributed by atoms with Crippen molar-refractivity contribution >= 4 is 23.5 Å². The quantitative estimate of drug-likeness (QED) is 0.694. The summed E-state index contributed by atoms with van der Waals surface area (Å²) < 4.78 is 10.2. The summed E-state index contributed by atoms with van der Waals surface area (Å²) in [6, 6.07) is 15.2.